The second-order valence-corrected chi connectivity index (χ2v) is 11.5. The molecule has 0 unspecified atom stereocenters. The number of para-hydroxylation sites is 3. The highest BCUT2D eigenvalue weighted by atomic mass is 35.5. The maximum absolute atomic E-state index is 13.1. The zero-order valence-electron chi connectivity index (χ0n) is 17.9. The van der Waals surface area contributed by atoms with E-state index in [9.17, 15) is 8.42 Å². The molecule has 0 bridgehead atoms. The van der Waals surface area contributed by atoms with Crippen molar-refractivity contribution in [1.29, 1.82) is 0 Å². The fourth-order valence-electron chi connectivity index (χ4n) is 4.30. The molecule has 0 amide bonds. The van der Waals surface area contributed by atoms with E-state index in [-0.39, 0.29) is 16.2 Å². The number of hydrogen-bond acceptors (Lipinski definition) is 4. The molecule has 1 heterocycles. The summed E-state index contributed by atoms with van der Waals surface area (Å²) in [6.07, 6.45) is 3.80. The molecular weight excluding hydrogens is 474 g/mol. The van der Waals surface area contributed by atoms with E-state index in [0.717, 1.165) is 47.6 Å². The molecule has 0 aliphatic heterocycles. The smallest absolute Gasteiger partial charge is 0.240 e. The van der Waals surface area contributed by atoms with Gasteiger partial charge in [-0.25, -0.2) is 18.1 Å². The highest BCUT2D eigenvalue weighted by molar-refractivity contribution is 7.99. The Morgan fingerprint density at radius 2 is 1.61 bits per heavy atom. The summed E-state index contributed by atoms with van der Waals surface area (Å²) < 4.78 is 31.2. The Kier molecular flexibility index (Phi) is 6.47. The molecule has 3 aromatic carbocycles. The van der Waals surface area contributed by atoms with E-state index in [4.69, 9.17) is 16.6 Å². The van der Waals surface area contributed by atoms with Crippen molar-refractivity contribution in [2.24, 2.45) is 0 Å². The molecule has 1 aliphatic carbocycles. The Morgan fingerprint density at radius 1 is 0.909 bits per heavy atom. The number of nitrogens with zero attached hydrogens (tertiary/aromatic N) is 2. The van der Waals surface area contributed by atoms with Crippen molar-refractivity contribution in [3.63, 3.8) is 0 Å². The minimum Gasteiger partial charge on any atom is -0.287 e. The van der Waals surface area contributed by atoms with Gasteiger partial charge < -0.3 is 0 Å². The first kappa shape index (κ1) is 22.5. The Morgan fingerprint density at radius 3 is 2.39 bits per heavy atom. The maximum Gasteiger partial charge on any atom is 0.240 e. The summed E-state index contributed by atoms with van der Waals surface area (Å²) in [4.78, 5) is 5.15. The highest BCUT2D eigenvalue weighted by Gasteiger charge is 2.32. The van der Waals surface area contributed by atoms with Gasteiger partial charge in [-0.1, -0.05) is 66.5 Å². The van der Waals surface area contributed by atoms with Gasteiger partial charge in [-0.2, -0.15) is 0 Å². The Balaban J connectivity index is 1.46. The highest BCUT2D eigenvalue weighted by Crippen LogP contribution is 2.37. The third-order valence-corrected chi connectivity index (χ3v) is 9.04. The molecule has 1 saturated carbocycles. The number of halogens is 1. The molecule has 1 fully saturated rings. The van der Waals surface area contributed by atoms with Crippen LogP contribution in [0.15, 0.2) is 88.9 Å². The molecule has 2 atom stereocenters. The molecule has 1 N–H and O–H groups in total. The van der Waals surface area contributed by atoms with Crippen LogP contribution in [0, 0.1) is 0 Å². The lowest BCUT2D eigenvalue weighted by Crippen LogP contribution is -2.43. The molecule has 5 nitrogen and oxygen atoms in total. The SMILES string of the molecule is O=S(=O)(N[C@H]1CCCC[C@H]1Sc1nc2ccccc2n1-c1ccccc1)c1ccc(Cl)cc1. The van der Waals surface area contributed by atoms with Crippen LogP contribution >= 0.6 is 23.4 Å². The molecule has 170 valence electrons. The van der Waals surface area contributed by atoms with Gasteiger partial charge >= 0.3 is 0 Å². The molecule has 1 aliphatic rings. The summed E-state index contributed by atoms with van der Waals surface area (Å²) in [5, 5.41) is 1.48. The van der Waals surface area contributed by atoms with E-state index >= 15 is 0 Å². The van der Waals surface area contributed by atoms with Crippen LogP contribution in [-0.4, -0.2) is 29.3 Å². The molecule has 0 spiro atoms. The van der Waals surface area contributed by atoms with Crippen LogP contribution in [0.25, 0.3) is 16.7 Å². The standard InChI is InChI=1S/C25H24ClN3O2S2/c26-18-14-16-20(17-15-18)33(30,31)28-22-11-5-7-13-24(22)32-25-27-21-10-4-6-12-23(21)29(25)19-8-2-1-3-9-19/h1-4,6,8-10,12,14-17,22,24,28H,5,7,11,13H2/t22-,24+/m0/s1. The first-order valence-corrected chi connectivity index (χ1v) is 13.7. The first-order chi connectivity index (χ1) is 16.0. The fourth-order valence-corrected chi connectivity index (χ4v) is 7.21. The number of imidazole rings is 1. The number of nitrogens with one attached hydrogen (secondary N) is 1. The lowest BCUT2D eigenvalue weighted by atomic mass is 9.96. The molecule has 1 aromatic heterocycles. The van der Waals surface area contributed by atoms with Gasteiger partial charge in [0, 0.05) is 22.0 Å². The second-order valence-electron chi connectivity index (χ2n) is 8.18. The molecule has 33 heavy (non-hydrogen) atoms. The Bertz CT molecular complexity index is 1360. The number of sulfonamides is 1. The normalized spacial score (nSPS) is 19.1. The molecule has 5 rings (SSSR count). The van der Waals surface area contributed by atoms with Gasteiger partial charge in [-0.15, -0.1) is 0 Å². The van der Waals surface area contributed by atoms with Crippen molar-refractivity contribution < 1.29 is 8.42 Å². The average Bonchev–Trinajstić information content (AvgIpc) is 3.19. The summed E-state index contributed by atoms with van der Waals surface area (Å²) in [6, 6.07) is 24.4. The topological polar surface area (TPSA) is 64.0 Å². The number of thioether (sulfide) groups is 1. The van der Waals surface area contributed by atoms with Gasteiger partial charge in [0.05, 0.1) is 15.9 Å². The number of fused-ring (bicyclic) bond motifs is 1. The van der Waals surface area contributed by atoms with Crippen LogP contribution in [-0.2, 0) is 10.0 Å². The molecule has 0 saturated heterocycles. The summed E-state index contributed by atoms with van der Waals surface area (Å²) in [5.74, 6) is 0. The van der Waals surface area contributed by atoms with Crippen molar-refractivity contribution >= 4 is 44.4 Å². The summed E-state index contributed by atoms with van der Waals surface area (Å²) in [5.41, 5.74) is 3.01. The van der Waals surface area contributed by atoms with Crippen molar-refractivity contribution in [2.75, 3.05) is 0 Å². The van der Waals surface area contributed by atoms with Crippen LogP contribution in [0.2, 0.25) is 5.02 Å². The number of hydrogen-bond donors (Lipinski definition) is 1. The van der Waals surface area contributed by atoms with Gasteiger partial charge in [0.15, 0.2) is 5.16 Å². The van der Waals surface area contributed by atoms with Gasteiger partial charge in [0.1, 0.15) is 0 Å². The van der Waals surface area contributed by atoms with Crippen molar-refractivity contribution in [2.45, 2.75) is 47.0 Å². The summed E-state index contributed by atoms with van der Waals surface area (Å²) in [6.45, 7) is 0. The van der Waals surface area contributed by atoms with E-state index in [1.807, 2.05) is 36.4 Å². The summed E-state index contributed by atoms with van der Waals surface area (Å²) in [7, 11) is -3.64. The van der Waals surface area contributed by atoms with Crippen LogP contribution in [0.1, 0.15) is 25.7 Å². The van der Waals surface area contributed by atoms with Crippen LogP contribution in [0.4, 0.5) is 0 Å². The zero-order valence-corrected chi connectivity index (χ0v) is 20.3. The predicted octanol–water partition coefficient (Wildman–Crippen LogP) is 6.06. The Labute approximate surface area is 203 Å². The average molecular weight is 498 g/mol. The van der Waals surface area contributed by atoms with Crippen LogP contribution in [0.3, 0.4) is 0 Å². The predicted molar refractivity (Wildman–Crippen MR) is 135 cm³/mol. The molecular formula is C25H24ClN3O2S2. The largest absolute Gasteiger partial charge is 0.287 e. The Hall–Kier alpha value is -2.32. The fraction of sp³-hybridized carbons (Fsp3) is 0.240. The van der Waals surface area contributed by atoms with E-state index in [1.165, 1.54) is 0 Å². The molecule has 4 aromatic rings. The lowest BCUT2D eigenvalue weighted by Gasteiger charge is -2.31. The third-order valence-electron chi connectivity index (χ3n) is 5.93. The van der Waals surface area contributed by atoms with Gasteiger partial charge in [0.2, 0.25) is 10.0 Å². The number of aromatic nitrogens is 2. The summed E-state index contributed by atoms with van der Waals surface area (Å²) >= 11 is 7.60. The maximum atomic E-state index is 13.1. The van der Waals surface area contributed by atoms with Crippen molar-refractivity contribution in [1.82, 2.24) is 14.3 Å². The van der Waals surface area contributed by atoms with E-state index < -0.39 is 10.0 Å². The van der Waals surface area contributed by atoms with E-state index in [2.05, 4.69) is 27.5 Å². The quantitative estimate of drug-likeness (QED) is 0.351. The van der Waals surface area contributed by atoms with E-state index in [0.29, 0.717) is 5.02 Å². The lowest BCUT2D eigenvalue weighted by molar-refractivity contribution is 0.422. The van der Waals surface area contributed by atoms with Crippen molar-refractivity contribution in [3.05, 3.63) is 83.9 Å². The number of rotatable bonds is 6. The first-order valence-electron chi connectivity index (χ1n) is 11.0. The van der Waals surface area contributed by atoms with Gasteiger partial charge in [-0.3, -0.25) is 4.57 Å². The van der Waals surface area contributed by atoms with Gasteiger partial charge in [0.25, 0.3) is 0 Å². The second kappa shape index (κ2) is 9.50. The minimum absolute atomic E-state index is 0.0834. The zero-order chi connectivity index (χ0) is 22.8. The van der Waals surface area contributed by atoms with Crippen molar-refractivity contribution in [3.8, 4) is 5.69 Å². The molecule has 8 heteroatoms. The monoisotopic (exact) mass is 497 g/mol. The number of benzene rings is 3. The van der Waals surface area contributed by atoms with Crippen LogP contribution < -0.4 is 4.72 Å². The minimum atomic E-state index is -3.64. The molecule has 0 radical (unpaired) electrons. The third kappa shape index (κ3) is 4.82. The van der Waals surface area contributed by atoms with Gasteiger partial charge in [-0.05, 0) is 61.4 Å². The van der Waals surface area contributed by atoms with E-state index in [1.54, 1.807) is 36.0 Å². The van der Waals surface area contributed by atoms with Crippen LogP contribution in [0.5, 0.6) is 0 Å².